The molecule has 170 valence electrons. The number of carbonyl (C=O) groups is 1. The van der Waals surface area contributed by atoms with Crippen molar-refractivity contribution in [2.75, 3.05) is 11.9 Å². The number of anilines is 1. The summed E-state index contributed by atoms with van der Waals surface area (Å²) >= 11 is 1.65. The molecule has 1 aliphatic carbocycles. The molecule has 4 aromatic rings. The number of ether oxygens (including phenoxy) is 1. The first-order chi connectivity index (χ1) is 15.9. The van der Waals surface area contributed by atoms with Crippen LogP contribution in [0.1, 0.15) is 54.1 Å². The molecule has 2 heterocycles. The number of hydrogen-bond donors (Lipinski definition) is 1. The van der Waals surface area contributed by atoms with Gasteiger partial charge < -0.3 is 14.5 Å². The lowest BCUT2D eigenvalue weighted by Crippen LogP contribution is -2.09. The first-order valence-electron chi connectivity index (χ1n) is 11.5. The Bertz CT molecular complexity index is 1410. The fraction of sp³-hybridized carbons (Fsp3) is 0.333. The zero-order valence-electron chi connectivity index (χ0n) is 19.5. The first kappa shape index (κ1) is 21.7. The highest BCUT2D eigenvalue weighted by molar-refractivity contribution is 7.18. The Labute approximate surface area is 197 Å². The number of furan rings is 1. The summed E-state index contributed by atoms with van der Waals surface area (Å²) in [6.07, 6.45) is 6.03. The zero-order chi connectivity index (χ0) is 23.1. The van der Waals surface area contributed by atoms with Crippen LogP contribution >= 0.6 is 11.3 Å². The van der Waals surface area contributed by atoms with Crippen LogP contribution in [0, 0.1) is 13.8 Å². The lowest BCUT2D eigenvalue weighted by Gasteiger charge is -2.15. The van der Waals surface area contributed by atoms with Crippen molar-refractivity contribution >= 4 is 49.7 Å². The number of fused-ring (bicyclic) bond motifs is 4. The number of carbonyl (C=O) groups excluding carboxylic acids is 1. The van der Waals surface area contributed by atoms with E-state index >= 15 is 0 Å². The van der Waals surface area contributed by atoms with E-state index in [9.17, 15) is 4.79 Å². The smallest absolute Gasteiger partial charge is 0.248 e. The summed E-state index contributed by atoms with van der Waals surface area (Å²) in [4.78, 5) is 17.4. The van der Waals surface area contributed by atoms with E-state index in [2.05, 4.69) is 16.4 Å². The normalized spacial score (nSPS) is 14.0. The van der Waals surface area contributed by atoms with E-state index in [1.807, 2.05) is 45.9 Å². The minimum Gasteiger partial charge on any atom is -0.493 e. The van der Waals surface area contributed by atoms with Gasteiger partial charge in [0.05, 0.1) is 21.8 Å². The molecule has 1 aliphatic rings. The molecular weight excluding hydrogens is 432 g/mol. The van der Waals surface area contributed by atoms with Crippen LogP contribution < -0.4 is 10.1 Å². The van der Waals surface area contributed by atoms with Crippen LogP contribution in [-0.4, -0.2) is 17.5 Å². The molecule has 2 aromatic carbocycles. The van der Waals surface area contributed by atoms with Gasteiger partial charge in [0.2, 0.25) is 5.91 Å². The maximum absolute atomic E-state index is 12.9. The quantitative estimate of drug-likeness (QED) is 0.326. The SMILES string of the molecule is CCOc1c(/C(C)=C/C(=O)Nc2ccc3sc(C)nc3c2)cc2c3c(oc2c1C)CCCC3. The third-order valence-electron chi connectivity index (χ3n) is 6.25. The fourth-order valence-corrected chi connectivity index (χ4v) is 5.54. The van der Waals surface area contributed by atoms with E-state index in [1.54, 1.807) is 17.4 Å². The van der Waals surface area contributed by atoms with Crippen LogP contribution in [0.25, 0.3) is 26.8 Å². The summed E-state index contributed by atoms with van der Waals surface area (Å²) in [6.45, 7) is 8.52. The van der Waals surface area contributed by atoms with E-state index in [4.69, 9.17) is 9.15 Å². The topological polar surface area (TPSA) is 64.4 Å². The van der Waals surface area contributed by atoms with Crippen molar-refractivity contribution in [1.29, 1.82) is 0 Å². The highest BCUT2D eigenvalue weighted by atomic mass is 32.1. The average Bonchev–Trinajstić information content (AvgIpc) is 3.34. The Kier molecular flexibility index (Phi) is 5.71. The van der Waals surface area contributed by atoms with Gasteiger partial charge in [0.25, 0.3) is 0 Å². The standard InChI is InChI=1S/C27H28N2O3S/c1-5-31-26-16(3)27-21(19-8-6-7-9-23(19)32-27)14-20(26)15(2)12-25(30)29-18-10-11-24-22(13-18)28-17(4)33-24/h10-14H,5-9H2,1-4H3,(H,29,30)/b15-12+. The first-order valence-corrected chi connectivity index (χ1v) is 12.3. The number of amides is 1. The Balaban J connectivity index is 1.50. The molecule has 0 spiro atoms. The van der Waals surface area contributed by atoms with Gasteiger partial charge in [0.1, 0.15) is 17.1 Å². The second-order valence-corrected chi connectivity index (χ2v) is 9.87. The van der Waals surface area contributed by atoms with Gasteiger partial charge >= 0.3 is 0 Å². The average molecular weight is 461 g/mol. The molecule has 0 saturated carbocycles. The summed E-state index contributed by atoms with van der Waals surface area (Å²) in [5.74, 6) is 1.72. The van der Waals surface area contributed by atoms with E-state index in [0.29, 0.717) is 6.61 Å². The van der Waals surface area contributed by atoms with Gasteiger partial charge in [0.15, 0.2) is 0 Å². The van der Waals surface area contributed by atoms with E-state index < -0.39 is 0 Å². The lowest BCUT2D eigenvalue weighted by atomic mass is 9.93. The predicted octanol–water partition coefficient (Wildman–Crippen LogP) is 6.98. The van der Waals surface area contributed by atoms with Crippen LogP contribution in [-0.2, 0) is 17.6 Å². The van der Waals surface area contributed by atoms with Gasteiger partial charge in [-0.3, -0.25) is 4.79 Å². The summed E-state index contributed by atoms with van der Waals surface area (Å²) in [6, 6.07) is 7.98. The second kappa shape index (κ2) is 8.67. The van der Waals surface area contributed by atoms with Crippen molar-refractivity contribution in [1.82, 2.24) is 4.98 Å². The van der Waals surface area contributed by atoms with E-state index in [-0.39, 0.29) is 5.91 Å². The maximum atomic E-state index is 12.9. The number of benzene rings is 2. The molecule has 2 aromatic heterocycles. The summed E-state index contributed by atoms with van der Waals surface area (Å²) in [7, 11) is 0. The lowest BCUT2D eigenvalue weighted by molar-refractivity contribution is -0.111. The van der Waals surface area contributed by atoms with Gasteiger partial charge in [-0.1, -0.05) is 0 Å². The van der Waals surface area contributed by atoms with Crippen LogP contribution in [0.15, 0.2) is 34.8 Å². The molecule has 33 heavy (non-hydrogen) atoms. The van der Waals surface area contributed by atoms with Gasteiger partial charge in [0, 0.05) is 40.3 Å². The number of rotatable bonds is 5. The Hall–Kier alpha value is -3.12. The molecule has 5 rings (SSSR count). The van der Waals surface area contributed by atoms with Crippen LogP contribution in [0.2, 0.25) is 0 Å². The summed E-state index contributed by atoms with van der Waals surface area (Å²) in [5, 5.41) is 5.15. The number of aromatic nitrogens is 1. The Morgan fingerprint density at radius 2 is 2.06 bits per heavy atom. The van der Waals surface area contributed by atoms with Crippen LogP contribution in [0.4, 0.5) is 5.69 Å². The number of nitrogens with zero attached hydrogens (tertiary/aromatic N) is 1. The predicted molar refractivity (Wildman–Crippen MR) is 135 cm³/mol. The highest BCUT2D eigenvalue weighted by Gasteiger charge is 2.23. The Morgan fingerprint density at radius 3 is 2.88 bits per heavy atom. The largest absolute Gasteiger partial charge is 0.493 e. The molecule has 0 atom stereocenters. The van der Waals surface area contributed by atoms with Crippen molar-refractivity contribution < 1.29 is 13.9 Å². The third kappa shape index (κ3) is 4.04. The Morgan fingerprint density at radius 1 is 1.24 bits per heavy atom. The number of thiazole rings is 1. The highest BCUT2D eigenvalue weighted by Crippen LogP contribution is 2.41. The number of aryl methyl sites for hydroxylation is 4. The van der Waals surface area contributed by atoms with Crippen molar-refractivity contribution in [3.63, 3.8) is 0 Å². The molecule has 0 unspecified atom stereocenters. The molecule has 5 nitrogen and oxygen atoms in total. The van der Waals surface area contributed by atoms with Crippen molar-refractivity contribution in [2.45, 2.75) is 53.4 Å². The molecule has 0 aliphatic heterocycles. The van der Waals surface area contributed by atoms with Gasteiger partial charge in [-0.05, 0) is 76.8 Å². The molecular formula is C27H28N2O3S. The molecule has 6 heteroatoms. The molecule has 1 amide bonds. The van der Waals surface area contributed by atoms with Gasteiger partial charge in [-0.15, -0.1) is 11.3 Å². The summed E-state index contributed by atoms with van der Waals surface area (Å²) in [5.41, 5.74) is 6.67. The molecule has 0 radical (unpaired) electrons. The zero-order valence-corrected chi connectivity index (χ0v) is 20.3. The van der Waals surface area contributed by atoms with Crippen molar-refractivity contribution in [2.24, 2.45) is 0 Å². The molecule has 0 fully saturated rings. The summed E-state index contributed by atoms with van der Waals surface area (Å²) < 4.78 is 13.4. The minimum absolute atomic E-state index is 0.173. The minimum atomic E-state index is -0.173. The van der Waals surface area contributed by atoms with Crippen molar-refractivity contribution in [3.05, 3.63) is 57.8 Å². The number of hydrogen-bond acceptors (Lipinski definition) is 5. The van der Waals surface area contributed by atoms with E-state index in [0.717, 1.165) is 72.9 Å². The van der Waals surface area contributed by atoms with Gasteiger partial charge in [-0.2, -0.15) is 0 Å². The van der Waals surface area contributed by atoms with E-state index in [1.165, 1.54) is 18.4 Å². The monoisotopic (exact) mass is 460 g/mol. The van der Waals surface area contributed by atoms with Crippen molar-refractivity contribution in [3.8, 4) is 5.75 Å². The number of allylic oxidation sites excluding steroid dienone is 1. The van der Waals surface area contributed by atoms with Gasteiger partial charge in [-0.25, -0.2) is 4.98 Å². The second-order valence-electron chi connectivity index (χ2n) is 8.63. The van der Waals surface area contributed by atoms with Crippen LogP contribution in [0.3, 0.4) is 0 Å². The fourth-order valence-electron chi connectivity index (χ4n) is 4.73. The number of nitrogens with one attached hydrogen (secondary N) is 1. The van der Waals surface area contributed by atoms with Crippen LogP contribution in [0.5, 0.6) is 5.75 Å². The third-order valence-corrected chi connectivity index (χ3v) is 7.20. The molecule has 1 N–H and O–H groups in total. The maximum Gasteiger partial charge on any atom is 0.248 e. The molecule has 0 bridgehead atoms. The molecule has 0 saturated heterocycles.